The van der Waals surface area contributed by atoms with Gasteiger partial charge in [0.2, 0.25) is 11.8 Å². The van der Waals surface area contributed by atoms with E-state index in [1.807, 2.05) is 23.1 Å². The molecule has 1 atom stereocenters. The normalized spacial score (nSPS) is 37.0. The van der Waals surface area contributed by atoms with Crippen LogP contribution in [0.3, 0.4) is 0 Å². The van der Waals surface area contributed by atoms with Crippen LogP contribution < -0.4 is 5.32 Å². The third kappa shape index (κ3) is 3.39. The Hall–Kier alpha value is -1.84. The van der Waals surface area contributed by atoms with Crippen LogP contribution in [0.5, 0.6) is 0 Å². The van der Waals surface area contributed by atoms with Crippen molar-refractivity contribution in [1.29, 1.82) is 0 Å². The summed E-state index contributed by atoms with van der Waals surface area (Å²) in [4.78, 5) is 27.2. The number of nitrogens with zero attached hydrogens (tertiary/aromatic N) is 1. The first-order valence-electron chi connectivity index (χ1n) is 10.8. The summed E-state index contributed by atoms with van der Waals surface area (Å²) in [5.41, 5.74) is 1.24. The van der Waals surface area contributed by atoms with Gasteiger partial charge in [-0.3, -0.25) is 9.59 Å². The summed E-state index contributed by atoms with van der Waals surface area (Å²) >= 11 is 0. The zero-order valence-electron chi connectivity index (χ0n) is 16.0. The van der Waals surface area contributed by atoms with Gasteiger partial charge in [-0.25, -0.2) is 0 Å². The molecule has 1 aromatic rings. The van der Waals surface area contributed by atoms with Crippen LogP contribution in [0.15, 0.2) is 30.3 Å². The largest absolute Gasteiger partial charge is 0.353 e. The predicted molar refractivity (Wildman–Crippen MR) is 104 cm³/mol. The van der Waals surface area contributed by atoms with Crippen molar-refractivity contribution >= 4 is 11.8 Å². The lowest BCUT2D eigenvalue weighted by atomic mass is 9.54. The number of benzene rings is 1. The molecule has 6 rings (SSSR count). The van der Waals surface area contributed by atoms with Crippen molar-refractivity contribution in [1.82, 2.24) is 10.2 Å². The van der Waals surface area contributed by atoms with Crippen LogP contribution in [0, 0.1) is 29.6 Å². The topological polar surface area (TPSA) is 49.4 Å². The molecule has 5 aliphatic rings. The lowest BCUT2D eigenvalue weighted by molar-refractivity contribution is -0.130. The van der Waals surface area contributed by atoms with Crippen molar-refractivity contribution in [2.45, 2.75) is 51.0 Å². The van der Waals surface area contributed by atoms with Gasteiger partial charge >= 0.3 is 0 Å². The van der Waals surface area contributed by atoms with Crippen LogP contribution in [0.1, 0.15) is 44.1 Å². The quantitative estimate of drug-likeness (QED) is 0.871. The van der Waals surface area contributed by atoms with E-state index >= 15 is 0 Å². The molecule has 4 bridgehead atoms. The second-order valence-electron chi connectivity index (χ2n) is 9.44. The van der Waals surface area contributed by atoms with Gasteiger partial charge in [-0.2, -0.15) is 0 Å². The highest BCUT2D eigenvalue weighted by atomic mass is 16.2. The zero-order valence-corrected chi connectivity index (χ0v) is 16.0. The highest BCUT2D eigenvalue weighted by Crippen LogP contribution is 2.53. The molecule has 0 spiro atoms. The molecule has 4 aliphatic carbocycles. The summed E-state index contributed by atoms with van der Waals surface area (Å²) < 4.78 is 0. The Morgan fingerprint density at radius 2 is 1.67 bits per heavy atom. The lowest BCUT2D eigenvalue weighted by Gasteiger charge is -2.54. The van der Waals surface area contributed by atoms with Gasteiger partial charge in [0.1, 0.15) is 0 Å². The zero-order chi connectivity index (χ0) is 18.4. The Morgan fingerprint density at radius 1 is 1.00 bits per heavy atom. The van der Waals surface area contributed by atoms with E-state index in [1.54, 1.807) is 0 Å². The predicted octanol–water partition coefficient (Wildman–Crippen LogP) is 3.02. The van der Waals surface area contributed by atoms with Crippen LogP contribution in [0.4, 0.5) is 0 Å². The van der Waals surface area contributed by atoms with Gasteiger partial charge in [0.15, 0.2) is 0 Å². The first kappa shape index (κ1) is 17.3. The van der Waals surface area contributed by atoms with Gasteiger partial charge in [-0.1, -0.05) is 30.3 Å². The van der Waals surface area contributed by atoms with E-state index in [2.05, 4.69) is 17.4 Å². The molecule has 4 nitrogen and oxygen atoms in total. The fraction of sp³-hybridized carbons (Fsp3) is 0.652. The number of rotatable bonds is 5. The molecule has 144 valence electrons. The molecule has 1 N–H and O–H groups in total. The molecule has 1 saturated heterocycles. The van der Waals surface area contributed by atoms with Crippen LogP contribution in [0.2, 0.25) is 0 Å². The van der Waals surface area contributed by atoms with Crippen molar-refractivity contribution in [3.63, 3.8) is 0 Å². The average molecular weight is 367 g/mol. The van der Waals surface area contributed by atoms with Crippen molar-refractivity contribution in [3.8, 4) is 0 Å². The monoisotopic (exact) mass is 366 g/mol. The van der Waals surface area contributed by atoms with E-state index in [0.29, 0.717) is 37.4 Å². The van der Waals surface area contributed by atoms with E-state index < -0.39 is 0 Å². The van der Waals surface area contributed by atoms with Gasteiger partial charge < -0.3 is 10.2 Å². The van der Waals surface area contributed by atoms with E-state index in [-0.39, 0.29) is 17.7 Å². The second kappa shape index (κ2) is 6.96. The van der Waals surface area contributed by atoms with Gasteiger partial charge in [0.05, 0.1) is 5.92 Å². The number of nitrogens with one attached hydrogen (secondary N) is 1. The fourth-order valence-corrected chi connectivity index (χ4v) is 6.52. The Labute approximate surface area is 161 Å². The Bertz CT molecular complexity index is 688. The number of likely N-dealkylation sites (tertiary alicyclic amines) is 1. The van der Waals surface area contributed by atoms with E-state index in [0.717, 1.165) is 18.3 Å². The molecule has 0 radical (unpaired) electrons. The average Bonchev–Trinajstić information content (AvgIpc) is 3.04. The van der Waals surface area contributed by atoms with Gasteiger partial charge in [0.25, 0.3) is 0 Å². The van der Waals surface area contributed by atoms with Crippen molar-refractivity contribution in [2.75, 3.05) is 13.1 Å². The molecule has 1 heterocycles. The maximum Gasteiger partial charge on any atom is 0.225 e. The van der Waals surface area contributed by atoms with E-state index in [9.17, 15) is 9.59 Å². The minimum atomic E-state index is -0.162. The minimum Gasteiger partial charge on any atom is -0.353 e. The van der Waals surface area contributed by atoms with Crippen molar-refractivity contribution in [2.24, 2.45) is 29.6 Å². The summed E-state index contributed by atoms with van der Waals surface area (Å²) in [6.07, 6.45) is 7.91. The molecule has 4 heteroatoms. The molecular weight excluding hydrogens is 336 g/mol. The van der Waals surface area contributed by atoms with Gasteiger partial charge in [0, 0.05) is 25.6 Å². The second-order valence-corrected chi connectivity index (χ2v) is 9.44. The number of amides is 2. The molecule has 1 unspecified atom stereocenters. The van der Waals surface area contributed by atoms with Crippen molar-refractivity contribution in [3.05, 3.63) is 35.9 Å². The van der Waals surface area contributed by atoms with Crippen LogP contribution >= 0.6 is 0 Å². The number of hydrogen-bond acceptors (Lipinski definition) is 2. The lowest BCUT2D eigenvalue weighted by Crippen LogP contribution is -2.56. The molecule has 1 aliphatic heterocycles. The summed E-state index contributed by atoms with van der Waals surface area (Å²) in [6, 6.07) is 10.6. The van der Waals surface area contributed by atoms with Crippen LogP contribution in [0.25, 0.3) is 0 Å². The highest BCUT2D eigenvalue weighted by Gasteiger charge is 2.49. The number of carbonyl (C=O) groups is 2. The molecule has 2 amide bonds. The third-order valence-corrected chi connectivity index (χ3v) is 7.63. The number of carbonyl (C=O) groups excluding carboxylic acids is 2. The smallest absolute Gasteiger partial charge is 0.225 e. The molecule has 1 aromatic carbocycles. The SMILES string of the molecule is O=C(NC1C2CC3CC(C2)CC1C3)C1CC(=O)N(CCc2ccccc2)C1. The standard InChI is InChI=1S/C23H30N2O2/c26-21-13-20(14-25(21)7-6-15-4-2-1-3-5-15)23(27)24-22-18-9-16-8-17(11-18)12-19(22)10-16/h1-5,16-20,22H,6-14H2,(H,24,27). The summed E-state index contributed by atoms with van der Waals surface area (Å²) in [7, 11) is 0. The molecule has 5 fully saturated rings. The summed E-state index contributed by atoms with van der Waals surface area (Å²) in [6.45, 7) is 1.30. The van der Waals surface area contributed by atoms with Crippen LogP contribution in [-0.4, -0.2) is 35.8 Å². The maximum absolute atomic E-state index is 12.9. The van der Waals surface area contributed by atoms with E-state index in [1.165, 1.54) is 37.7 Å². The Kier molecular flexibility index (Phi) is 4.45. The minimum absolute atomic E-state index is 0.128. The first-order valence-corrected chi connectivity index (χ1v) is 10.8. The van der Waals surface area contributed by atoms with E-state index in [4.69, 9.17) is 0 Å². The maximum atomic E-state index is 12.9. The van der Waals surface area contributed by atoms with Crippen LogP contribution in [-0.2, 0) is 16.0 Å². The molecule has 4 saturated carbocycles. The van der Waals surface area contributed by atoms with Gasteiger partial charge in [-0.15, -0.1) is 0 Å². The first-order chi connectivity index (χ1) is 13.2. The van der Waals surface area contributed by atoms with Gasteiger partial charge in [-0.05, 0) is 67.8 Å². The Balaban J connectivity index is 1.16. The third-order valence-electron chi connectivity index (χ3n) is 7.63. The molecule has 0 aromatic heterocycles. The summed E-state index contributed by atoms with van der Waals surface area (Å²) in [5, 5.41) is 3.40. The Morgan fingerprint density at radius 3 is 2.33 bits per heavy atom. The molecular formula is C23H30N2O2. The number of hydrogen-bond donors (Lipinski definition) is 1. The summed E-state index contributed by atoms with van der Waals surface area (Å²) in [5.74, 6) is 3.32. The highest BCUT2D eigenvalue weighted by molar-refractivity contribution is 5.89. The fourth-order valence-electron chi connectivity index (χ4n) is 6.52. The molecule has 27 heavy (non-hydrogen) atoms. The van der Waals surface area contributed by atoms with Crippen molar-refractivity contribution < 1.29 is 9.59 Å².